The first-order chi connectivity index (χ1) is 13.7. The number of nitrogens with one attached hydrogen (secondary N) is 1. The van der Waals surface area contributed by atoms with E-state index in [1.165, 1.54) is 96.3 Å². The summed E-state index contributed by atoms with van der Waals surface area (Å²) in [5.41, 5.74) is 5.43. The molecule has 0 aromatic heterocycles. The third-order valence-corrected chi connectivity index (χ3v) is 5.44. The molecule has 0 fully saturated rings. The molecular weight excluding hydrogens is 350 g/mol. The van der Waals surface area contributed by atoms with Crippen LogP contribution >= 0.6 is 0 Å². The number of unbranched alkanes of at least 4 members (excludes halogenated alkanes) is 15. The minimum absolute atomic E-state index is 0.121. The van der Waals surface area contributed by atoms with E-state index in [1.807, 2.05) is 0 Å². The van der Waals surface area contributed by atoms with E-state index in [2.05, 4.69) is 12.2 Å². The number of urea groups is 1. The number of amides is 2. The maximum Gasteiger partial charge on any atom is 0.314 e. The van der Waals surface area contributed by atoms with Gasteiger partial charge in [0.05, 0.1) is 6.61 Å². The van der Waals surface area contributed by atoms with E-state index in [4.69, 9.17) is 10.8 Å². The predicted octanol–water partition coefficient (Wildman–Crippen LogP) is 5.21. The molecule has 0 unspecified atom stereocenters. The number of aliphatic hydroxyl groups excluding tert-OH is 1. The standard InChI is InChI=1S/C23H49N3O2/c1-2-3-4-5-6-7-8-9-10-11-12-13-14-15-16-17-20-26(23(24)28)21-18-25-19-22-27/h25,27H,2-22H2,1H3,(H2,24,28). The molecule has 0 aromatic carbocycles. The van der Waals surface area contributed by atoms with Gasteiger partial charge in [0.1, 0.15) is 0 Å². The van der Waals surface area contributed by atoms with Crippen LogP contribution in [0.2, 0.25) is 0 Å². The zero-order valence-electron chi connectivity index (χ0n) is 18.7. The minimum atomic E-state index is -0.341. The highest BCUT2D eigenvalue weighted by Gasteiger charge is 2.08. The second kappa shape index (κ2) is 22.5. The van der Waals surface area contributed by atoms with Crippen molar-refractivity contribution in [1.82, 2.24) is 10.2 Å². The van der Waals surface area contributed by atoms with Crippen LogP contribution in [0, 0.1) is 0 Å². The summed E-state index contributed by atoms with van der Waals surface area (Å²) in [6, 6.07) is -0.341. The molecule has 0 spiro atoms. The number of hydrogen-bond donors (Lipinski definition) is 3. The molecule has 0 saturated carbocycles. The summed E-state index contributed by atoms with van der Waals surface area (Å²) >= 11 is 0. The Morgan fingerprint density at radius 1 is 0.714 bits per heavy atom. The number of hydrogen-bond acceptors (Lipinski definition) is 3. The van der Waals surface area contributed by atoms with E-state index in [0.717, 1.165) is 13.0 Å². The van der Waals surface area contributed by atoms with Crippen LogP contribution in [0.1, 0.15) is 110 Å². The van der Waals surface area contributed by atoms with Crippen molar-refractivity contribution in [2.75, 3.05) is 32.8 Å². The van der Waals surface area contributed by atoms with Gasteiger partial charge in [-0.3, -0.25) is 0 Å². The second-order valence-electron chi connectivity index (χ2n) is 8.10. The summed E-state index contributed by atoms with van der Waals surface area (Å²) in [5.74, 6) is 0. The Bertz CT molecular complexity index is 327. The largest absolute Gasteiger partial charge is 0.395 e. The molecule has 0 aliphatic heterocycles. The number of nitrogens with zero attached hydrogens (tertiary/aromatic N) is 1. The lowest BCUT2D eigenvalue weighted by Gasteiger charge is -2.20. The minimum Gasteiger partial charge on any atom is -0.395 e. The highest BCUT2D eigenvalue weighted by Crippen LogP contribution is 2.13. The van der Waals surface area contributed by atoms with Crippen molar-refractivity contribution < 1.29 is 9.90 Å². The van der Waals surface area contributed by atoms with Crippen molar-refractivity contribution >= 4 is 6.03 Å². The Hall–Kier alpha value is -0.810. The number of primary amides is 1. The van der Waals surface area contributed by atoms with Gasteiger partial charge in [-0.1, -0.05) is 103 Å². The Kier molecular flexibility index (Phi) is 21.8. The van der Waals surface area contributed by atoms with Gasteiger partial charge in [0.25, 0.3) is 0 Å². The highest BCUT2D eigenvalue weighted by atomic mass is 16.3. The summed E-state index contributed by atoms with van der Waals surface area (Å²) in [4.78, 5) is 13.1. The SMILES string of the molecule is CCCCCCCCCCCCCCCCCCN(CCNCCO)C(N)=O. The number of carbonyl (C=O) groups is 1. The summed E-state index contributed by atoms with van der Waals surface area (Å²) in [6.45, 7) is 5.01. The zero-order valence-corrected chi connectivity index (χ0v) is 18.7. The molecule has 0 atom stereocenters. The predicted molar refractivity (Wildman–Crippen MR) is 121 cm³/mol. The molecule has 2 amide bonds. The topological polar surface area (TPSA) is 78.6 Å². The highest BCUT2D eigenvalue weighted by molar-refractivity contribution is 5.71. The van der Waals surface area contributed by atoms with Crippen molar-refractivity contribution in [1.29, 1.82) is 0 Å². The van der Waals surface area contributed by atoms with Crippen molar-refractivity contribution in [3.63, 3.8) is 0 Å². The zero-order chi connectivity index (χ0) is 20.7. The molecule has 5 heteroatoms. The second-order valence-corrected chi connectivity index (χ2v) is 8.10. The first-order valence-corrected chi connectivity index (χ1v) is 12.1. The van der Waals surface area contributed by atoms with E-state index in [1.54, 1.807) is 4.90 Å². The molecule has 0 saturated heterocycles. The Balaban J connectivity index is 3.30. The maximum atomic E-state index is 11.4. The van der Waals surface area contributed by atoms with Crippen molar-refractivity contribution in [3.05, 3.63) is 0 Å². The molecule has 0 aliphatic carbocycles. The lowest BCUT2D eigenvalue weighted by atomic mass is 10.0. The Morgan fingerprint density at radius 3 is 1.54 bits per heavy atom. The van der Waals surface area contributed by atoms with Crippen LogP contribution in [-0.2, 0) is 0 Å². The first kappa shape index (κ1) is 27.2. The quantitative estimate of drug-likeness (QED) is 0.219. The van der Waals surface area contributed by atoms with Gasteiger partial charge in [-0.05, 0) is 6.42 Å². The Labute approximate surface area is 174 Å². The molecule has 5 nitrogen and oxygen atoms in total. The van der Waals surface area contributed by atoms with Crippen LogP contribution in [0.15, 0.2) is 0 Å². The number of rotatable bonds is 22. The molecule has 28 heavy (non-hydrogen) atoms. The molecule has 0 rings (SSSR count). The summed E-state index contributed by atoms with van der Waals surface area (Å²) in [6.07, 6.45) is 21.6. The normalized spacial score (nSPS) is 11.1. The average Bonchev–Trinajstić information content (AvgIpc) is 2.69. The van der Waals surface area contributed by atoms with Gasteiger partial charge in [-0.25, -0.2) is 4.79 Å². The fourth-order valence-corrected chi connectivity index (χ4v) is 3.60. The van der Waals surface area contributed by atoms with E-state index in [9.17, 15) is 4.79 Å². The van der Waals surface area contributed by atoms with Crippen molar-refractivity contribution in [2.45, 2.75) is 110 Å². The average molecular weight is 400 g/mol. The smallest absolute Gasteiger partial charge is 0.314 e. The van der Waals surface area contributed by atoms with Crippen LogP contribution in [0.4, 0.5) is 4.79 Å². The summed E-state index contributed by atoms with van der Waals surface area (Å²) < 4.78 is 0. The third-order valence-electron chi connectivity index (χ3n) is 5.44. The lowest BCUT2D eigenvalue weighted by Crippen LogP contribution is -2.41. The maximum absolute atomic E-state index is 11.4. The fraction of sp³-hybridized carbons (Fsp3) is 0.957. The van der Waals surface area contributed by atoms with Crippen LogP contribution in [-0.4, -0.2) is 48.8 Å². The Morgan fingerprint density at radius 2 is 1.14 bits per heavy atom. The fourth-order valence-electron chi connectivity index (χ4n) is 3.60. The van der Waals surface area contributed by atoms with Gasteiger partial charge in [0.2, 0.25) is 0 Å². The van der Waals surface area contributed by atoms with Crippen LogP contribution in [0.25, 0.3) is 0 Å². The number of nitrogens with two attached hydrogens (primary N) is 1. The van der Waals surface area contributed by atoms with E-state index >= 15 is 0 Å². The molecular formula is C23H49N3O2. The first-order valence-electron chi connectivity index (χ1n) is 12.1. The molecule has 0 bridgehead atoms. The summed E-state index contributed by atoms with van der Waals surface area (Å²) in [5, 5.41) is 11.8. The van der Waals surface area contributed by atoms with Crippen LogP contribution in [0.5, 0.6) is 0 Å². The molecule has 0 heterocycles. The number of aliphatic hydroxyl groups is 1. The van der Waals surface area contributed by atoms with E-state index < -0.39 is 0 Å². The summed E-state index contributed by atoms with van der Waals surface area (Å²) in [7, 11) is 0. The van der Waals surface area contributed by atoms with Gasteiger partial charge in [-0.2, -0.15) is 0 Å². The molecule has 0 aromatic rings. The van der Waals surface area contributed by atoms with Gasteiger partial charge < -0.3 is 21.1 Å². The van der Waals surface area contributed by atoms with Gasteiger partial charge in [0, 0.05) is 26.2 Å². The van der Waals surface area contributed by atoms with Crippen molar-refractivity contribution in [3.8, 4) is 0 Å². The van der Waals surface area contributed by atoms with Gasteiger partial charge >= 0.3 is 6.03 Å². The number of carbonyl (C=O) groups excluding carboxylic acids is 1. The monoisotopic (exact) mass is 399 g/mol. The van der Waals surface area contributed by atoms with E-state index in [0.29, 0.717) is 19.6 Å². The van der Waals surface area contributed by atoms with Crippen LogP contribution < -0.4 is 11.1 Å². The van der Waals surface area contributed by atoms with Gasteiger partial charge in [-0.15, -0.1) is 0 Å². The lowest BCUT2D eigenvalue weighted by molar-refractivity contribution is 0.205. The third kappa shape index (κ3) is 19.9. The van der Waals surface area contributed by atoms with Crippen LogP contribution in [0.3, 0.4) is 0 Å². The van der Waals surface area contributed by atoms with E-state index in [-0.39, 0.29) is 12.6 Å². The molecule has 0 radical (unpaired) electrons. The van der Waals surface area contributed by atoms with Crippen molar-refractivity contribution in [2.24, 2.45) is 5.73 Å². The molecule has 0 aliphatic rings. The van der Waals surface area contributed by atoms with Gasteiger partial charge in [0.15, 0.2) is 0 Å². The molecule has 4 N–H and O–H groups in total. The molecule has 168 valence electrons.